The molecule has 3 rings (SSSR count). The molecule has 14 heteroatoms. The van der Waals surface area contributed by atoms with Crippen molar-refractivity contribution in [2.45, 2.75) is 30.7 Å². The molecule has 14 nitrogen and oxygen atoms in total. The quantitative estimate of drug-likeness (QED) is 0.178. The number of aliphatic hydroxyl groups is 3. The maximum Gasteiger partial charge on any atom is 0.340 e. The third-order valence-corrected chi connectivity index (χ3v) is 4.88. The number of ether oxygens (including phenoxy) is 3. The number of hydrogen-bond donors (Lipinski definition) is 9. The van der Waals surface area contributed by atoms with E-state index in [2.05, 4.69) is 0 Å². The van der Waals surface area contributed by atoms with Gasteiger partial charge in [0, 0.05) is 0 Å². The average molecular weight is 484 g/mol. The summed E-state index contributed by atoms with van der Waals surface area (Å²) in [6, 6.07) is 3.08. The number of esters is 2. The number of phenolic OH excluding ortho intramolecular Hbond substituents is 6. The molecule has 1 saturated heterocycles. The molecule has 0 aliphatic carbocycles. The second-order valence-corrected chi connectivity index (χ2v) is 7.24. The Labute approximate surface area is 189 Å². The zero-order chi connectivity index (χ0) is 25.3. The zero-order valence-electron chi connectivity index (χ0n) is 17.0. The summed E-state index contributed by atoms with van der Waals surface area (Å²) < 4.78 is 15.0. The first kappa shape index (κ1) is 24.7. The van der Waals surface area contributed by atoms with E-state index in [1.807, 2.05) is 0 Å². The van der Waals surface area contributed by atoms with Crippen LogP contribution in [-0.4, -0.2) is 95.2 Å². The Morgan fingerprint density at radius 2 is 1.15 bits per heavy atom. The number of carbonyl (C=O) groups is 2. The minimum atomic E-state index is -1.95. The first-order valence-corrected chi connectivity index (χ1v) is 9.48. The van der Waals surface area contributed by atoms with E-state index in [4.69, 9.17) is 14.2 Å². The fourth-order valence-corrected chi connectivity index (χ4v) is 3.01. The van der Waals surface area contributed by atoms with Crippen molar-refractivity contribution in [3.05, 3.63) is 35.4 Å². The van der Waals surface area contributed by atoms with Crippen molar-refractivity contribution in [2.24, 2.45) is 0 Å². The zero-order valence-corrected chi connectivity index (χ0v) is 17.0. The van der Waals surface area contributed by atoms with E-state index >= 15 is 0 Å². The van der Waals surface area contributed by atoms with Crippen LogP contribution >= 0.6 is 0 Å². The maximum absolute atomic E-state index is 12.3. The Hall–Kier alpha value is -3.98. The van der Waals surface area contributed by atoms with Crippen LogP contribution in [0.3, 0.4) is 0 Å². The summed E-state index contributed by atoms with van der Waals surface area (Å²) >= 11 is 0. The lowest BCUT2D eigenvalue weighted by molar-refractivity contribution is -0.285. The van der Waals surface area contributed by atoms with E-state index in [0.29, 0.717) is 0 Å². The Morgan fingerprint density at radius 1 is 0.706 bits per heavy atom. The minimum Gasteiger partial charge on any atom is -0.504 e. The molecule has 0 saturated carbocycles. The Bertz CT molecular complexity index is 1050. The van der Waals surface area contributed by atoms with Gasteiger partial charge in [0.05, 0.1) is 11.1 Å². The highest BCUT2D eigenvalue weighted by Crippen LogP contribution is 2.37. The number of phenols is 6. The molecule has 1 heterocycles. The Morgan fingerprint density at radius 3 is 1.62 bits per heavy atom. The number of rotatable bonds is 5. The van der Waals surface area contributed by atoms with Gasteiger partial charge in [-0.2, -0.15) is 0 Å². The predicted octanol–water partition coefficient (Wildman–Crippen LogP) is -1.26. The van der Waals surface area contributed by atoms with Gasteiger partial charge < -0.3 is 60.2 Å². The van der Waals surface area contributed by atoms with Crippen LogP contribution in [0.4, 0.5) is 0 Å². The van der Waals surface area contributed by atoms with E-state index in [-0.39, 0.29) is 5.56 Å². The third kappa shape index (κ3) is 4.84. The SMILES string of the molecule is O=C(OC[C@H]1O[C@@H](OC(=O)c2cc(O)c(O)c(O)c2)[C@@H](O)[C@@H](O)[C@@H]1O)c1cc(O)c(O)c(O)c1. The standard InChI is InChI=1S/C20H20O14/c21-8-1-6(2-9(22)13(8)25)18(30)32-5-12-15(27)16(28)17(29)20(33-12)34-19(31)7-3-10(23)14(26)11(24)4-7/h1-4,12,15-17,20-29H,5H2/t12-,15-,16+,17+,20+/m1/s1. The van der Waals surface area contributed by atoms with Gasteiger partial charge in [-0.25, -0.2) is 9.59 Å². The highest BCUT2D eigenvalue weighted by molar-refractivity contribution is 5.91. The van der Waals surface area contributed by atoms with Crippen molar-refractivity contribution in [1.29, 1.82) is 0 Å². The number of hydrogen-bond acceptors (Lipinski definition) is 14. The summed E-state index contributed by atoms with van der Waals surface area (Å²) in [5.41, 5.74) is -0.840. The summed E-state index contributed by atoms with van der Waals surface area (Å²) in [5, 5.41) is 86.9. The molecule has 2 aromatic carbocycles. The summed E-state index contributed by atoms with van der Waals surface area (Å²) in [7, 11) is 0. The van der Waals surface area contributed by atoms with Crippen molar-refractivity contribution in [3.63, 3.8) is 0 Å². The normalized spacial score (nSPS) is 24.4. The number of benzene rings is 2. The smallest absolute Gasteiger partial charge is 0.340 e. The van der Waals surface area contributed by atoms with Crippen LogP contribution in [0.15, 0.2) is 24.3 Å². The molecule has 1 fully saturated rings. The monoisotopic (exact) mass is 484 g/mol. The molecule has 0 bridgehead atoms. The molecule has 184 valence electrons. The Balaban J connectivity index is 1.70. The fraction of sp³-hybridized carbons (Fsp3) is 0.300. The van der Waals surface area contributed by atoms with Crippen molar-refractivity contribution >= 4 is 11.9 Å². The predicted molar refractivity (Wildman–Crippen MR) is 105 cm³/mol. The van der Waals surface area contributed by atoms with Crippen LogP contribution < -0.4 is 0 Å². The molecule has 2 aromatic rings. The molecule has 1 aliphatic heterocycles. The molecule has 0 radical (unpaired) electrons. The van der Waals surface area contributed by atoms with Gasteiger partial charge in [0.1, 0.15) is 31.0 Å². The fourth-order valence-electron chi connectivity index (χ4n) is 3.01. The molecule has 0 unspecified atom stereocenters. The first-order chi connectivity index (χ1) is 15.9. The van der Waals surface area contributed by atoms with Crippen molar-refractivity contribution < 1.29 is 69.8 Å². The van der Waals surface area contributed by atoms with Crippen LogP contribution in [-0.2, 0) is 14.2 Å². The van der Waals surface area contributed by atoms with Gasteiger partial charge in [-0.3, -0.25) is 0 Å². The van der Waals surface area contributed by atoms with Crippen molar-refractivity contribution in [2.75, 3.05) is 6.61 Å². The molecule has 0 aromatic heterocycles. The Kier molecular flexibility index (Phi) is 6.88. The summed E-state index contributed by atoms with van der Waals surface area (Å²) in [5.74, 6) is -7.45. The molecule has 0 spiro atoms. The average Bonchev–Trinajstić information content (AvgIpc) is 2.79. The van der Waals surface area contributed by atoms with Gasteiger partial charge in [-0.1, -0.05) is 0 Å². The molecule has 0 amide bonds. The number of aromatic hydroxyl groups is 6. The van der Waals surface area contributed by atoms with Gasteiger partial charge >= 0.3 is 11.9 Å². The van der Waals surface area contributed by atoms with Crippen LogP contribution in [0.2, 0.25) is 0 Å². The lowest BCUT2D eigenvalue weighted by Gasteiger charge is -2.39. The summed E-state index contributed by atoms with van der Waals surface area (Å²) in [4.78, 5) is 24.5. The van der Waals surface area contributed by atoms with Crippen LogP contribution in [0, 0.1) is 0 Å². The topological polar surface area (TPSA) is 244 Å². The van der Waals surface area contributed by atoms with Gasteiger partial charge in [0.15, 0.2) is 34.5 Å². The van der Waals surface area contributed by atoms with E-state index in [1.165, 1.54) is 0 Å². The number of aliphatic hydroxyl groups excluding tert-OH is 3. The van der Waals surface area contributed by atoms with E-state index in [0.717, 1.165) is 24.3 Å². The summed E-state index contributed by atoms with van der Waals surface area (Å²) in [6.45, 7) is -0.749. The van der Waals surface area contributed by atoms with Gasteiger partial charge in [0.2, 0.25) is 6.29 Å². The molecule has 34 heavy (non-hydrogen) atoms. The second-order valence-electron chi connectivity index (χ2n) is 7.24. The second kappa shape index (κ2) is 9.48. The lowest BCUT2D eigenvalue weighted by atomic mass is 9.99. The van der Waals surface area contributed by atoms with E-state index in [9.17, 15) is 55.5 Å². The molecule has 9 N–H and O–H groups in total. The van der Waals surface area contributed by atoms with Gasteiger partial charge in [-0.15, -0.1) is 0 Å². The minimum absolute atomic E-state index is 0.381. The molecular weight excluding hydrogens is 464 g/mol. The largest absolute Gasteiger partial charge is 0.504 e. The lowest BCUT2D eigenvalue weighted by Crippen LogP contribution is -2.59. The first-order valence-electron chi connectivity index (χ1n) is 9.48. The van der Waals surface area contributed by atoms with Crippen molar-refractivity contribution in [3.8, 4) is 34.5 Å². The number of carbonyl (C=O) groups excluding carboxylic acids is 2. The molecular formula is C20H20O14. The third-order valence-electron chi connectivity index (χ3n) is 4.88. The van der Waals surface area contributed by atoms with Crippen LogP contribution in [0.1, 0.15) is 20.7 Å². The van der Waals surface area contributed by atoms with E-state index in [1.54, 1.807) is 0 Å². The highest BCUT2D eigenvalue weighted by Gasteiger charge is 2.46. The molecule has 5 atom stereocenters. The maximum atomic E-state index is 12.3. The van der Waals surface area contributed by atoms with Crippen LogP contribution in [0.5, 0.6) is 34.5 Å². The van der Waals surface area contributed by atoms with Crippen molar-refractivity contribution in [1.82, 2.24) is 0 Å². The van der Waals surface area contributed by atoms with Crippen LogP contribution in [0.25, 0.3) is 0 Å². The van der Waals surface area contributed by atoms with Gasteiger partial charge in [-0.05, 0) is 24.3 Å². The summed E-state index contributed by atoms with van der Waals surface area (Å²) in [6.07, 6.45) is -9.09. The molecule has 1 aliphatic rings. The van der Waals surface area contributed by atoms with Gasteiger partial charge in [0.25, 0.3) is 0 Å². The highest BCUT2D eigenvalue weighted by atomic mass is 16.7. The van der Waals surface area contributed by atoms with E-state index < -0.39 is 89.3 Å².